The van der Waals surface area contributed by atoms with E-state index in [1.807, 2.05) is 0 Å². The fourth-order valence-corrected chi connectivity index (χ4v) is 3.24. The average Bonchev–Trinajstić information content (AvgIpc) is 2.92. The Hall–Kier alpha value is -1.54. The second-order valence-electron chi connectivity index (χ2n) is 5.41. The molecule has 1 aliphatic carbocycles. The van der Waals surface area contributed by atoms with E-state index in [-0.39, 0.29) is 11.8 Å². The molecule has 1 aromatic carbocycles. The lowest BCUT2D eigenvalue weighted by Gasteiger charge is -2.23. The van der Waals surface area contributed by atoms with Crippen molar-refractivity contribution in [2.24, 2.45) is 0 Å². The number of hydrogen-bond acceptors (Lipinski definition) is 3. The van der Waals surface area contributed by atoms with Crippen molar-refractivity contribution in [1.82, 2.24) is 15.3 Å². The molecule has 2 aromatic rings. The van der Waals surface area contributed by atoms with Gasteiger partial charge in [0.05, 0.1) is 12.0 Å². The summed E-state index contributed by atoms with van der Waals surface area (Å²) in [7, 11) is 0. The molecule has 23 heavy (non-hydrogen) atoms. The number of aryl methyl sites for hydroxylation is 1. The van der Waals surface area contributed by atoms with Gasteiger partial charge in [0.15, 0.2) is 0 Å². The molecule has 0 bridgehead atoms. The van der Waals surface area contributed by atoms with Gasteiger partial charge in [0, 0.05) is 34.7 Å². The molecule has 0 saturated carbocycles. The van der Waals surface area contributed by atoms with Crippen molar-refractivity contribution in [3.63, 3.8) is 0 Å². The molecule has 0 saturated heterocycles. The molecule has 124 valence electrons. The highest BCUT2D eigenvalue weighted by Crippen LogP contribution is 2.31. The third kappa shape index (κ3) is 4.06. The first-order valence-corrected chi connectivity index (χ1v) is 7.99. The largest absolute Gasteiger partial charge is 0.573 e. The number of aromatic amines is 1. The van der Waals surface area contributed by atoms with Gasteiger partial charge in [0.1, 0.15) is 5.75 Å². The van der Waals surface area contributed by atoms with Crippen LogP contribution < -0.4 is 10.1 Å². The standard InChI is InChI=1S/C15H15BrF3N3O/c16-11-2-1-3-14(23-15(17,18)19)10(11)7-20-9-4-5-12-13(6-9)22-8-21-12/h1-3,8-9,20H,4-7H2,(H,21,22). The smallest absolute Gasteiger partial charge is 0.405 e. The quantitative estimate of drug-likeness (QED) is 0.837. The van der Waals surface area contributed by atoms with E-state index >= 15 is 0 Å². The zero-order valence-electron chi connectivity index (χ0n) is 12.1. The number of ether oxygens (including phenoxy) is 1. The van der Waals surface area contributed by atoms with Crippen LogP contribution in [0.2, 0.25) is 0 Å². The van der Waals surface area contributed by atoms with Crippen molar-refractivity contribution in [3.05, 3.63) is 46.0 Å². The highest BCUT2D eigenvalue weighted by molar-refractivity contribution is 9.10. The van der Waals surface area contributed by atoms with Crippen LogP contribution in [0.3, 0.4) is 0 Å². The van der Waals surface area contributed by atoms with Crippen LogP contribution in [-0.2, 0) is 19.4 Å². The molecule has 8 heteroatoms. The second kappa shape index (κ2) is 6.52. The fraction of sp³-hybridized carbons (Fsp3) is 0.400. The van der Waals surface area contributed by atoms with Crippen LogP contribution in [0.15, 0.2) is 29.0 Å². The molecule has 1 aliphatic rings. The summed E-state index contributed by atoms with van der Waals surface area (Å²) >= 11 is 3.30. The van der Waals surface area contributed by atoms with E-state index in [1.165, 1.54) is 12.1 Å². The molecule has 0 aliphatic heterocycles. The van der Waals surface area contributed by atoms with Gasteiger partial charge in [0.2, 0.25) is 0 Å². The number of imidazole rings is 1. The Kier molecular flexibility index (Phi) is 4.63. The molecule has 1 atom stereocenters. The second-order valence-corrected chi connectivity index (χ2v) is 6.27. The highest BCUT2D eigenvalue weighted by Gasteiger charge is 2.32. The molecular weight excluding hydrogens is 375 g/mol. The maximum Gasteiger partial charge on any atom is 0.573 e. The van der Waals surface area contributed by atoms with Gasteiger partial charge in [-0.3, -0.25) is 0 Å². The molecule has 1 heterocycles. The predicted molar refractivity (Wildman–Crippen MR) is 82.1 cm³/mol. The Morgan fingerprint density at radius 1 is 1.39 bits per heavy atom. The summed E-state index contributed by atoms with van der Waals surface area (Å²) in [5, 5.41) is 3.31. The Balaban J connectivity index is 1.69. The molecule has 0 spiro atoms. The number of nitrogens with zero attached hydrogens (tertiary/aromatic N) is 1. The summed E-state index contributed by atoms with van der Waals surface area (Å²) in [6.45, 7) is 0.293. The van der Waals surface area contributed by atoms with Gasteiger partial charge in [-0.1, -0.05) is 22.0 Å². The van der Waals surface area contributed by atoms with Gasteiger partial charge in [-0.15, -0.1) is 13.2 Å². The first-order valence-electron chi connectivity index (χ1n) is 7.20. The van der Waals surface area contributed by atoms with Crippen LogP contribution in [0.5, 0.6) is 5.75 Å². The van der Waals surface area contributed by atoms with Crippen molar-refractivity contribution < 1.29 is 17.9 Å². The van der Waals surface area contributed by atoms with Gasteiger partial charge in [-0.2, -0.15) is 0 Å². The molecule has 3 rings (SSSR count). The monoisotopic (exact) mass is 389 g/mol. The van der Waals surface area contributed by atoms with Gasteiger partial charge in [0.25, 0.3) is 0 Å². The molecule has 1 aromatic heterocycles. The summed E-state index contributed by atoms with van der Waals surface area (Å²) in [5.74, 6) is -0.183. The number of aromatic nitrogens is 2. The number of alkyl halides is 3. The van der Waals surface area contributed by atoms with E-state index in [4.69, 9.17) is 0 Å². The van der Waals surface area contributed by atoms with E-state index in [9.17, 15) is 13.2 Å². The highest BCUT2D eigenvalue weighted by atomic mass is 79.9. The Bertz CT molecular complexity index is 687. The average molecular weight is 390 g/mol. The van der Waals surface area contributed by atoms with Crippen molar-refractivity contribution in [3.8, 4) is 5.75 Å². The summed E-state index contributed by atoms with van der Waals surface area (Å²) in [4.78, 5) is 7.35. The van der Waals surface area contributed by atoms with E-state index in [2.05, 4.69) is 36.0 Å². The number of fused-ring (bicyclic) bond motifs is 1. The zero-order chi connectivity index (χ0) is 16.4. The number of hydrogen-bond donors (Lipinski definition) is 2. The first-order chi connectivity index (χ1) is 10.9. The number of benzene rings is 1. The predicted octanol–water partition coefficient (Wildman–Crippen LogP) is 3.72. The lowest BCUT2D eigenvalue weighted by atomic mass is 9.96. The van der Waals surface area contributed by atoms with Gasteiger partial charge in [-0.25, -0.2) is 4.98 Å². The lowest BCUT2D eigenvalue weighted by molar-refractivity contribution is -0.274. The van der Waals surface area contributed by atoms with E-state index in [1.54, 1.807) is 12.4 Å². The molecule has 0 fully saturated rings. The zero-order valence-corrected chi connectivity index (χ0v) is 13.7. The van der Waals surface area contributed by atoms with Crippen molar-refractivity contribution in [1.29, 1.82) is 0 Å². The SMILES string of the molecule is FC(F)(F)Oc1cccc(Br)c1CNC1CCc2nc[nH]c2C1. The van der Waals surface area contributed by atoms with Crippen LogP contribution in [0, 0.1) is 0 Å². The van der Waals surface area contributed by atoms with Crippen LogP contribution in [0.25, 0.3) is 0 Å². The van der Waals surface area contributed by atoms with Crippen LogP contribution >= 0.6 is 15.9 Å². The van der Waals surface area contributed by atoms with Crippen LogP contribution in [0.4, 0.5) is 13.2 Å². The minimum Gasteiger partial charge on any atom is -0.405 e. The van der Waals surface area contributed by atoms with E-state index in [0.717, 1.165) is 30.7 Å². The molecular formula is C15H15BrF3N3O. The van der Waals surface area contributed by atoms with Gasteiger partial charge in [-0.05, 0) is 25.0 Å². The molecule has 1 unspecified atom stereocenters. The lowest BCUT2D eigenvalue weighted by Crippen LogP contribution is -2.34. The fourth-order valence-electron chi connectivity index (χ4n) is 2.75. The summed E-state index contributed by atoms with van der Waals surface area (Å²) < 4.78 is 42.2. The van der Waals surface area contributed by atoms with Gasteiger partial charge >= 0.3 is 6.36 Å². The van der Waals surface area contributed by atoms with Crippen molar-refractivity contribution in [2.75, 3.05) is 0 Å². The number of nitrogens with one attached hydrogen (secondary N) is 2. The topological polar surface area (TPSA) is 49.9 Å². The first kappa shape index (κ1) is 16.3. The number of halogens is 4. The van der Waals surface area contributed by atoms with E-state index in [0.29, 0.717) is 16.6 Å². The van der Waals surface area contributed by atoms with Crippen molar-refractivity contribution >= 4 is 15.9 Å². The maximum absolute atomic E-state index is 12.5. The summed E-state index contributed by atoms with van der Waals surface area (Å²) in [6, 6.07) is 4.73. The molecule has 2 N–H and O–H groups in total. The third-order valence-electron chi connectivity index (χ3n) is 3.86. The minimum absolute atomic E-state index is 0.183. The van der Waals surface area contributed by atoms with Crippen LogP contribution in [0.1, 0.15) is 23.4 Å². The molecule has 0 radical (unpaired) electrons. The van der Waals surface area contributed by atoms with Crippen molar-refractivity contribution in [2.45, 2.75) is 38.2 Å². The Morgan fingerprint density at radius 3 is 3.00 bits per heavy atom. The van der Waals surface area contributed by atoms with Gasteiger partial charge < -0.3 is 15.0 Å². The van der Waals surface area contributed by atoms with Crippen LogP contribution in [-0.4, -0.2) is 22.4 Å². The Labute approximate surface area is 139 Å². The normalized spacial score (nSPS) is 17.8. The van der Waals surface area contributed by atoms with E-state index < -0.39 is 6.36 Å². The minimum atomic E-state index is -4.70. The summed E-state index contributed by atoms with van der Waals surface area (Å²) in [6.07, 6.45) is -0.479. The number of H-pyrrole nitrogens is 1. The molecule has 0 amide bonds. The molecule has 4 nitrogen and oxygen atoms in total. The summed E-state index contributed by atoms with van der Waals surface area (Å²) in [5.41, 5.74) is 2.62. The Morgan fingerprint density at radius 2 is 2.22 bits per heavy atom. The third-order valence-corrected chi connectivity index (χ3v) is 4.60. The number of rotatable bonds is 4. The maximum atomic E-state index is 12.5.